The monoisotopic (exact) mass is 342 g/mol. The maximum absolute atomic E-state index is 12.2. The molecular weight excluding hydrogens is 324 g/mol. The average molecular weight is 342 g/mol. The normalized spacial score (nSPS) is 16.6. The second-order valence-corrected chi connectivity index (χ2v) is 5.74. The molecule has 0 saturated carbocycles. The Balaban J connectivity index is 1.50. The number of ether oxygens (including phenoxy) is 2. The first-order valence-corrected chi connectivity index (χ1v) is 7.92. The molecule has 7 nitrogen and oxygen atoms in total. The van der Waals surface area contributed by atoms with Gasteiger partial charge in [-0.1, -0.05) is 30.3 Å². The molecule has 1 aromatic carbocycles. The molecule has 1 amide bonds. The molecule has 7 heteroatoms. The minimum Gasteiger partial charge on any atom is -0.478 e. The van der Waals surface area contributed by atoms with E-state index in [9.17, 15) is 9.59 Å². The standard InChI is InChI=1S/C18H18N2O5/c21-17(22)14-8-16(10-19-9-14)25-18(23)20-7-6-15(11-20)24-12-13-4-2-1-3-5-13/h1-5,8-10,15H,6-7,11-12H2,(H,21,22). The van der Waals surface area contributed by atoms with E-state index in [-0.39, 0.29) is 17.4 Å². The van der Waals surface area contributed by atoms with Gasteiger partial charge in [-0.25, -0.2) is 9.59 Å². The summed E-state index contributed by atoms with van der Waals surface area (Å²) in [7, 11) is 0. The molecule has 1 aliphatic heterocycles. The highest BCUT2D eigenvalue weighted by Gasteiger charge is 2.28. The summed E-state index contributed by atoms with van der Waals surface area (Å²) in [6.45, 7) is 1.47. The van der Waals surface area contributed by atoms with Gasteiger partial charge in [0, 0.05) is 12.7 Å². The third-order valence-electron chi connectivity index (χ3n) is 3.90. The largest absolute Gasteiger partial charge is 0.478 e. The van der Waals surface area contributed by atoms with Gasteiger partial charge >= 0.3 is 12.1 Å². The number of aromatic carboxylic acids is 1. The number of benzene rings is 1. The number of amides is 1. The second kappa shape index (κ2) is 7.76. The summed E-state index contributed by atoms with van der Waals surface area (Å²) in [4.78, 5) is 28.4. The summed E-state index contributed by atoms with van der Waals surface area (Å²) in [6, 6.07) is 11.1. The Morgan fingerprint density at radius 3 is 2.80 bits per heavy atom. The zero-order chi connectivity index (χ0) is 17.6. The molecule has 1 aliphatic rings. The summed E-state index contributed by atoms with van der Waals surface area (Å²) in [5.74, 6) is -1.01. The predicted molar refractivity (Wildman–Crippen MR) is 88.4 cm³/mol. The number of hydrogen-bond acceptors (Lipinski definition) is 5. The third kappa shape index (κ3) is 4.54. The first-order valence-electron chi connectivity index (χ1n) is 7.92. The molecule has 0 bridgehead atoms. The Hall–Kier alpha value is -2.93. The fraction of sp³-hybridized carbons (Fsp3) is 0.278. The van der Waals surface area contributed by atoms with Gasteiger partial charge in [0.2, 0.25) is 0 Å². The van der Waals surface area contributed by atoms with Crippen LogP contribution in [0.4, 0.5) is 4.79 Å². The zero-order valence-electron chi connectivity index (χ0n) is 13.5. The number of carboxylic acids is 1. The molecule has 1 N–H and O–H groups in total. The Morgan fingerprint density at radius 2 is 2.04 bits per heavy atom. The minimum atomic E-state index is -1.12. The molecular formula is C18H18N2O5. The van der Waals surface area contributed by atoms with Crippen molar-refractivity contribution in [2.45, 2.75) is 19.1 Å². The fourth-order valence-corrected chi connectivity index (χ4v) is 2.58. The lowest BCUT2D eigenvalue weighted by Gasteiger charge is -2.16. The van der Waals surface area contributed by atoms with Crippen molar-refractivity contribution in [3.05, 3.63) is 59.9 Å². The van der Waals surface area contributed by atoms with Crippen LogP contribution in [-0.4, -0.2) is 46.2 Å². The van der Waals surface area contributed by atoms with Gasteiger partial charge in [-0.15, -0.1) is 0 Å². The van der Waals surface area contributed by atoms with Crippen LogP contribution < -0.4 is 4.74 Å². The van der Waals surface area contributed by atoms with Crippen molar-refractivity contribution in [1.29, 1.82) is 0 Å². The summed E-state index contributed by atoms with van der Waals surface area (Å²) in [5, 5.41) is 8.94. The van der Waals surface area contributed by atoms with Crippen LogP contribution in [0.3, 0.4) is 0 Å². The lowest BCUT2D eigenvalue weighted by molar-refractivity contribution is 0.0470. The van der Waals surface area contributed by atoms with Gasteiger partial charge in [0.05, 0.1) is 31.0 Å². The molecule has 1 fully saturated rings. The number of nitrogens with zero attached hydrogens (tertiary/aromatic N) is 2. The number of hydrogen-bond donors (Lipinski definition) is 1. The van der Waals surface area contributed by atoms with Crippen LogP contribution in [0.2, 0.25) is 0 Å². The number of pyridine rings is 1. The van der Waals surface area contributed by atoms with Crippen molar-refractivity contribution < 1.29 is 24.2 Å². The van der Waals surface area contributed by atoms with Crippen LogP contribution in [0.1, 0.15) is 22.3 Å². The van der Waals surface area contributed by atoms with Crippen LogP contribution in [0.25, 0.3) is 0 Å². The number of likely N-dealkylation sites (tertiary alicyclic amines) is 1. The molecule has 0 spiro atoms. The highest BCUT2D eigenvalue weighted by Crippen LogP contribution is 2.18. The van der Waals surface area contributed by atoms with Gasteiger partial charge in [-0.2, -0.15) is 0 Å². The number of carboxylic acid groups (broad SMARTS) is 1. The molecule has 3 rings (SSSR count). The van der Waals surface area contributed by atoms with E-state index in [0.717, 1.165) is 12.0 Å². The SMILES string of the molecule is O=C(O)c1cncc(OC(=O)N2CCC(OCc3ccccc3)C2)c1. The molecule has 1 unspecified atom stereocenters. The molecule has 1 aromatic heterocycles. The summed E-state index contributed by atoms with van der Waals surface area (Å²) >= 11 is 0. The van der Waals surface area contributed by atoms with Crippen LogP contribution >= 0.6 is 0 Å². The van der Waals surface area contributed by atoms with Crippen molar-refractivity contribution >= 4 is 12.1 Å². The Labute approximate surface area is 144 Å². The average Bonchev–Trinajstić information content (AvgIpc) is 3.10. The van der Waals surface area contributed by atoms with Crippen LogP contribution in [0.15, 0.2) is 48.8 Å². The van der Waals surface area contributed by atoms with Gasteiger partial charge in [0.1, 0.15) is 0 Å². The van der Waals surface area contributed by atoms with E-state index in [0.29, 0.717) is 19.7 Å². The van der Waals surface area contributed by atoms with Crippen LogP contribution in [0.5, 0.6) is 5.75 Å². The lowest BCUT2D eigenvalue weighted by atomic mass is 10.2. The van der Waals surface area contributed by atoms with E-state index < -0.39 is 12.1 Å². The van der Waals surface area contributed by atoms with Gasteiger partial charge in [0.15, 0.2) is 5.75 Å². The van der Waals surface area contributed by atoms with Gasteiger partial charge in [-0.05, 0) is 18.1 Å². The van der Waals surface area contributed by atoms with E-state index >= 15 is 0 Å². The Bertz CT molecular complexity index is 750. The van der Waals surface area contributed by atoms with E-state index in [4.69, 9.17) is 14.6 Å². The second-order valence-electron chi connectivity index (χ2n) is 5.74. The Morgan fingerprint density at radius 1 is 1.24 bits per heavy atom. The number of carbonyl (C=O) groups is 2. The van der Waals surface area contributed by atoms with E-state index in [2.05, 4.69) is 4.98 Å². The zero-order valence-corrected chi connectivity index (χ0v) is 13.5. The Kier molecular flexibility index (Phi) is 5.25. The molecule has 25 heavy (non-hydrogen) atoms. The lowest BCUT2D eigenvalue weighted by Crippen LogP contribution is -2.32. The summed E-state index contributed by atoms with van der Waals surface area (Å²) in [6.07, 6.45) is 2.66. The van der Waals surface area contributed by atoms with E-state index in [1.807, 2.05) is 30.3 Å². The van der Waals surface area contributed by atoms with Gasteiger partial charge < -0.3 is 19.5 Å². The smallest absolute Gasteiger partial charge is 0.415 e. The molecule has 2 heterocycles. The summed E-state index contributed by atoms with van der Waals surface area (Å²) in [5.41, 5.74) is 1.05. The van der Waals surface area contributed by atoms with Crippen molar-refractivity contribution in [1.82, 2.24) is 9.88 Å². The molecule has 0 radical (unpaired) electrons. The maximum Gasteiger partial charge on any atom is 0.415 e. The molecule has 1 saturated heterocycles. The molecule has 2 aromatic rings. The quantitative estimate of drug-likeness (QED) is 0.898. The van der Waals surface area contributed by atoms with Crippen LogP contribution in [-0.2, 0) is 11.3 Å². The number of carbonyl (C=O) groups excluding carboxylic acids is 1. The third-order valence-corrected chi connectivity index (χ3v) is 3.90. The fourth-order valence-electron chi connectivity index (χ4n) is 2.58. The van der Waals surface area contributed by atoms with E-state index in [1.165, 1.54) is 18.5 Å². The van der Waals surface area contributed by atoms with Crippen molar-refractivity contribution in [2.75, 3.05) is 13.1 Å². The van der Waals surface area contributed by atoms with Crippen molar-refractivity contribution in [3.8, 4) is 5.75 Å². The van der Waals surface area contributed by atoms with E-state index in [1.54, 1.807) is 4.90 Å². The highest BCUT2D eigenvalue weighted by atomic mass is 16.6. The first kappa shape index (κ1) is 16.9. The number of rotatable bonds is 5. The van der Waals surface area contributed by atoms with Crippen LogP contribution in [0, 0.1) is 0 Å². The maximum atomic E-state index is 12.2. The van der Waals surface area contributed by atoms with Crippen molar-refractivity contribution in [2.24, 2.45) is 0 Å². The topological polar surface area (TPSA) is 89.0 Å². The highest BCUT2D eigenvalue weighted by molar-refractivity contribution is 5.87. The first-order chi connectivity index (χ1) is 12.1. The summed E-state index contributed by atoms with van der Waals surface area (Å²) < 4.78 is 11.0. The number of aromatic nitrogens is 1. The van der Waals surface area contributed by atoms with Gasteiger partial charge in [-0.3, -0.25) is 4.98 Å². The van der Waals surface area contributed by atoms with Crippen molar-refractivity contribution in [3.63, 3.8) is 0 Å². The predicted octanol–water partition coefficient (Wildman–Crippen LogP) is 2.57. The molecule has 130 valence electrons. The minimum absolute atomic E-state index is 0.0317. The molecule has 1 atom stereocenters. The molecule has 0 aliphatic carbocycles. The van der Waals surface area contributed by atoms with Gasteiger partial charge in [0.25, 0.3) is 0 Å².